The Balaban J connectivity index is 1.57. The number of carbonyl (C=O) groups excluding carboxylic acids is 1. The molecule has 5 rings (SSSR count). The van der Waals surface area contributed by atoms with Crippen LogP contribution in [0.5, 0.6) is 11.5 Å². The van der Waals surface area contributed by atoms with Crippen LogP contribution in [0.2, 0.25) is 0 Å². The van der Waals surface area contributed by atoms with Gasteiger partial charge >= 0.3 is 0 Å². The molecule has 0 bridgehead atoms. The molecule has 5 nitrogen and oxygen atoms in total. The molecular weight excluding hydrogens is 359 g/mol. The average Bonchev–Trinajstić information content (AvgIpc) is 3.21. The van der Waals surface area contributed by atoms with E-state index < -0.39 is 0 Å². The smallest absolute Gasteiger partial charge is 0.254 e. The quantitative estimate of drug-likeness (QED) is 0.684. The Morgan fingerprint density at radius 1 is 0.964 bits per heavy atom. The summed E-state index contributed by atoms with van der Waals surface area (Å²) in [4.78, 5) is 15.1. The summed E-state index contributed by atoms with van der Waals surface area (Å²) in [5.74, 6) is 0.944. The van der Waals surface area contributed by atoms with Gasteiger partial charge in [0.1, 0.15) is 19.0 Å². The summed E-state index contributed by atoms with van der Waals surface area (Å²) in [5.41, 5.74) is 2.47. The fourth-order valence-corrected chi connectivity index (χ4v) is 3.94. The largest absolute Gasteiger partial charge is 0.486 e. The summed E-state index contributed by atoms with van der Waals surface area (Å²) in [6.07, 6.45) is 2.03. The Kier molecular flexibility index (Phi) is 4.04. The Labute approximate surface area is 161 Å². The van der Waals surface area contributed by atoms with Crippen molar-refractivity contribution in [1.82, 2.24) is 9.47 Å². The van der Waals surface area contributed by atoms with Crippen molar-refractivity contribution in [2.24, 2.45) is 0 Å². The highest BCUT2D eigenvalue weighted by Crippen LogP contribution is 2.38. The highest BCUT2D eigenvalue weighted by atomic mass is 19.1. The first kappa shape index (κ1) is 16.9. The second-order valence-corrected chi connectivity index (χ2v) is 6.94. The lowest BCUT2D eigenvalue weighted by molar-refractivity contribution is 0.0663. The first-order valence-corrected chi connectivity index (χ1v) is 9.32. The SMILES string of the molecule is O=C(c1ccc(F)cc1)N1CCn2cccc2[C@H]1c1ccc2c(c1)OCCO2. The summed E-state index contributed by atoms with van der Waals surface area (Å²) >= 11 is 0. The van der Waals surface area contributed by atoms with Crippen molar-refractivity contribution in [1.29, 1.82) is 0 Å². The highest BCUT2D eigenvalue weighted by molar-refractivity contribution is 5.94. The van der Waals surface area contributed by atoms with E-state index in [1.807, 2.05) is 41.4 Å². The molecule has 142 valence electrons. The first-order valence-electron chi connectivity index (χ1n) is 9.32. The number of benzene rings is 2. The average molecular weight is 378 g/mol. The molecule has 0 spiro atoms. The van der Waals surface area contributed by atoms with Crippen LogP contribution in [0.1, 0.15) is 27.7 Å². The van der Waals surface area contributed by atoms with Crippen molar-refractivity contribution < 1.29 is 18.7 Å². The van der Waals surface area contributed by atoms with E-state index >= 15 is 0 Å². The lowest BCUT2D eigenvalue weighted by Crippen LogP contribution is -2.42. The van der Waals surface area contributed by atoms with E-state index in [2.05, 4.69) is 4.57 Å². The normalized spacial score (nSPS) is 17.9. The fraction of sp³-hybridized carbons (Fsp3) is 0.227. The van der Waals surface area contributed by atoms with Crippen molar-refractivity contribution in [2.45, 2.75) is 12.6 Å². The van der Waals surface area contributed by atoms with E-state index in [0.29, 0.717) is 31.1 Å². The molecule has 6 heteroatoms. The van der Waals surface area contributed by atoms with Gasteiger partial charge in [-0.05, 0) is 54.1 Å². The van der Waals surface area contributed by atoms with Gasteiger partial charge in [0.05, 0.1) is 6.04 Å². The van der Waals surface area contributed by atoms with Crippen LogP contribution in [0.3, 0.4) is 0 Å². The maximum absolute atomic E-state index is 13.3. The fourth-order valence-electron chi connectivity index (χ4n) is 3.94. The molecule has 0 fully saturated rings. The molecule has 0 saturated heterocycles. The first-order chi connectivity index (χ1) is 13.7. The van der Waals surface area contributed by atoms with E-state index in [1.54, 1.807) is 0 Å². The number of hydrogen-bond acceptors (Lipinski definition) is 3. The van der Waals surface area contributed by atoms with Crippen LogP contribution in [0.25, 0.3) is 0 Å². The van der Waals surface area contributed by atoms with Crippen molar-refractivity contribution in [3.63, 3.8) is 0 Å². The summed E-state index contributed by atoms with van der Waals surface area (Å²) < 4.78 is 26.8. The highest BCUT2D eigenvalue weighted by Gasteiger charge is 2.33. The van der Waals surface area contributed by atoms with E-state index in [0.717, 1.165) is 23.6 Å². The Morgan fingerprint density at radius 3 is 2.57 bits per heavy atom. The number of aromatic nitrogens is 1. The zero-order chi connectivity index (χ0) is 19.1. The van der Waals surface area contributed by atoms with Crippen molar-refractivity contribution in [2.75, 3.05) is 19.8 Å². The van der Waals surface area contributed by atoms with Crippen LogP contribution in [0, 0.1) is 5.82 Å². The monoisotopic (exact) mass is 378 g/mol. The predicted octanol–water partition coefficient (Wildman–Crippen LogP) is 3.64. The molecular formula is C22H19FN2O3. The third-order valence-electron chi connectivity index (χ3n) is 5.27. The number of halogens is 1. The number of rotatable bonds is 2. The molecule has 1 atom stereocenters. The third kappa shape index (κ3) is 2.81. The lowest BCUT2D eigenvalue weighted by Gasteiger charge is -2.37. The summed E-state index contributed by atoms with van der Waals surface area (Å²) in [5, 5.41) is 0. The minimum absolute atomic E-state index is 0.118. The Bertz CT molecular complexity index is 1030. The standard InChI is InChI=1S/C22H19FN2O3/c23-17-6-3-15(4-7-17)22(26)25-11-10-24-9-1-2-18(24)21(25)16-5-8-19-20(14-16)28-13-12-27-19/h1-9,14,21H,10-13H2/t21-/m1/s1. The summed E-state index contributed by atoms with van der Waals surface area (Å²) in [6, 6.07) is 15.3. The zero-order valence-corrected chi connectivity index (χ0v) is 15.2. The topological polar surface area (TPSA) is 43.7 Å². The predicted molar refractivity (Wildman–Crippen MR) is 101 cm³/mol. The Morgan fingerprint density at radius 2 is 1.75 bits per heavy atom. The molecule has 0 N–H and O–H groups in total. The number of amides is 1. The molecule has 0 aliphatic carbocycles. The molecule has 0 saturated carbocycles. The van der Waals surface area contributed by atoms with E-state index in [-0.39, 0.29) is 17.8 Å². The summed E-state index contributed by atoms with van der Waals surface area (Å²) in [6.45, 7) is 2.33. The van der Waals surface area contributed by atoms with Crippen LogP contribution in [0.4, 0.5) is 4.39 Å². The van der Waals surface area contributed by atoms with Gasteiger partial charge in [0.15, 0.2) is 11.5 Å². The van der Waals surface area contributed by atoms with E-state index in [9.17, 15) is 9.18 Å². The maximum Gasteiger partial charge on any atom is 0.254 e. The molecule has 1 amide bonds. The van der Waals surface area contributed by atoms with Gasteiger partial charge in [-0.3, -0.25) is 4.79 Å². The number of ether oxygens (including phenoxy) is 2. The molecule has 28 heavy (non-hydrogen) atoms. The zero-order valence-electron chi connectivity index (χ0n) is 15.2. The van der Waals surface area contributed by atoms with Gasteiger partial charge in [0.25, 0.3) is 5.91 Å². The maximum atomic E-state index is 13.3. The molecule has 1 aromatic heterocycles. The second kappa shape index (κ2) is 6.71. The van der Waals surface area contributed by atoms with Gasteiger partial charge in [-0.15, -0.1) is 0 Å². The van der Waals surface area contributed by atoms with Gasteiger partial charge in [-0.2, -0.15) is 0 Å². The van der Waals surface area contributed by atoms with Crippen LogP contribution >= 0.6 is 0 Å². The van der Waals surface area contributed by atoms with Crippen LogP contribution < -0.4 is 9.47 Å². The second-order valence-electron chi connectivity index (χ2n) is 6.94. The van der Waals surface area contributed by atoms with E-state index in [1.165, 1.54) is 24.3 Å². The molecule has 3 heterocycles. The van der Waals surface area contributed by atoms with Crippen LogP contribution in [-0.2, 0) is 6.54 Å². The van der Waals surface area contributed by atoms with E-state index in [4.69, 9.17) is 9.47 Å². The van der Waals surface area contributed by atoms with Crippen LogP contribution in [-0.4, -0.2) is 35.1 Å². The lowest BCUT2D eigenvalue weighted by atomic mass is 9.98. The number of fused-ring (bicyclic) bond motifs is 2. The number of nitrogens with zero attached hydrogens (tertiary/aromatic N) is 2. The van der Waals surface area contributed by atoms with Crippen molar-refractivity contribution in [3.05, 3.63) is 83.4 Å². The molecule has 2 aliphatic rings. The number of hydrogen-bond donors (Lipinski definition) is 0. The van der Waals surface area contributed by atoms with Crippen LogP contribution in [0.15, 0.2) is 60.8 Å². The Hall–Kier alpha value is -3.28. The van der Waals surface area contributed by atoms with Crippen molar-refractivity contribution in [3.8, 4) is 11.5 Å². The minimum Gasteiger partial charge on any atom is -0.486 e. The molecule has 2 aromatic carbocycles. The molecule has 2 aliphatic heterocycles. The third-order valence-corrected chi connectivity index (χ3v) is 5.27. The van der Waals surface area contributed by atoms with Gasteiger partial charge < -0.3 is 18.9 Å². The van der Waals surface area contributed by atoms with Gasteiger partial charge in [0.2, 0.25) is 0 Å². The molecule has 3 aromatic rings. The van der Waals surface area contributed by atoms with Crippen molar-refractivity contribution >= 4 is 5.91 Å². The van der Waals surface area contributed by atoms with Gasteiger partial charge in [-0.1, -0.05) is 6.07 Å². The van der Waals surface area contributed by atoms with Gasteiger partial charge in [0, 0.05) is 30.5 Å². The number of carbonyl (C=O) groups is 1. The minimum atomic E-state index is -0.354. The van der Waals surface area contributed by atoms with Gasteiger partial charge in [-0.25, -0.2) is 4.39 Å². The molecule has 0 unspecified atom stereocenters. The summed E-state index contributed by atoms with van der Waals surface area (Å²) in [7, 11) is 0. The molecule has 0 radical (unpaired) electrons.